The van der Waals surface area contributed by atoms with Gasteiger partial charge in [-0.2, -0.15) is 4.31 Å². The molecule has 10 heteroatoms. The number of carbonyl (C=O) groups is 1. The Hall–Kier alpha value is -2.56. The lowest BCUT2D eigenvalue weighted by Gasteiger charge is -2.15. The topological polar surface area (TPSA) is 101 Å². The molecule has 1 aromatic carbocycles. The molecule has 1 saturated heterocycles. The molecular formula is C19H20N4O4S2. The first-order chi connectivity index (χ1) is 13.8. The first-order valence-corrected chi connectivity index (χ1v) is 11.5. The van der Waals surface area contributed by atoms with Crippen molar-refractivity contribution in [3.05, 3.63) is 57.0 Å². The number of hydrogen-bond acceptors (Lipinski definition) is 6. The zero-order valence-corrected chi connectivity index (χ0v) is 17.6. The van der Waals surface area contributed by atoms with E-state index < -0.39 is 15.9 Å². The van der Waals surface area contributed by atoms with Gasteiger partial charge in [0.25, 0.3) is 11.5 Å². The fourth-order valence-electron chi connectivity index (χ4n) is 3.37. The molecule has 1 amide bonds. The van der Waals surface area contributed by atoms with Gasteiger partial charge in [0.15, 0.2) is 4.96 Å². The maximum atomic E-state index is 12.8. The first kappa shape index (κ1) is 19.7. The lowest BCUT2D eigenvalue weighted by molar-refractivity contribution is 0.102. The van der Waals surface area contributed by atoms with Gasteiger partial charge in [0.2, 0.25) is 10.0 Å². The summed E-state index contributed by atoms with van der Waals surface area (Å²) in [6, 6.07) is 5.75. The van der Waals surface area contributed by atoms with Crippen molar-refractivity contribution in [3.63, 3.8) is 0 Å². The fraction of sp³-hybridized carbons (Fsp3) is 0.316. The molecule has 3 aromatic rings. The van der Waals surface area contributed by atoms with Gasteiger partial charge in [0, 0.05) is 29.7 Å². The zero-order chi connectivity index (χ0) is 20.8. The van der Waals surface area contributed by atoms with E-state index in [9.17, 15) is 18.0 Å². The quantitative estimate of drug-likeness (QED) is 0.682. The minimum atomic E-state index is -3.54. The van der Waals surface area contributed by atoms with Crippen LogP contribution in [0.1, 0.15) is 34.6 Å². The van der Waals surface area contributed by atoms with Gasteiger partial charge in [-0.15, -0.1) is 11.3 Å². The van der Waals surface area contributed by atoms with Crippen molar-refractivity contribution in [3.8, 4) is 0 Å². The number of amides is 1. The molecule has 0 atom stereocenters. The van der Waals surface area contributed by atoms with Gasteiger partial charge in [0.1, 0.15) is 5.69 Å². The Morgan fingerprint density at radius 2 is 1.79 bits per heavy atom. The molecule has 1 N–H and O–H groups in total. The summed E-state index contributed by atoms with van der Waals surface area (Å²) in [5, 5.41) is 4.45. The molecule has 1 aliphatic heterocycles. The van der Waals surface area contributed by atoms with Crippen molar-refractivity contribution in [2.45, 2.75) is 31.6 Å². The van der Waals surface area contributed by atoms with Crippen molar-refractivity contribution in [2.75, 3.05) is 18.4 Å². The fourth-order valence-corrected chi connectivity index (χ4v) is 5.79. The van der Waals surface area contributed by atoms with Gasteiger partial charge in [-0.1, -0.05) is 0 Å². The first-order valence-electron chi connectivity index (χ1n) is 9.18. The van der Waals surface area contributed by atoms with E-state index in [1.165, 1.54) is 44.3 Å². The number of hydrogen-bond donors (Lipinski definition) is 1. The van der Waals surface area contributed by atoms with Crippen molar-refractivity contribution < 1.29 is 13.2 Å². The van der Waals surface area contributed by atoms with Crippen molar-refractivity contribution in [1.82, 2.24) is 13.7 Å². The van der Waals surface area contributed by atoms with Gasteiger partial charge in [0.05, 0.1) is 10.6 Å². The lowest BCUT2D eigenvalue weighted by atomic mass is 10.2. The van der Waals surface area contributed by atoms with Crippen LogP contribution in [0.5, 0.6) is 0 Å². The molecule has 1 fully saturated rings. The molecule has 1 aliphatic rings. The summed E-state index contributed by atoms with van der Waals surface area (Å²) < 4.78 is 28.1. The maximum absolute atomic E-state index is 12.8. The summed E-state index contributed by atoms with van der Waals surface area (Å²) in [6.07, 6.45) is 1.72. The smallest absolute Gasteiger partial charge is 0.282 e. The van der Waals surface area contributed by atoms with E-state index in [1.807, 2.05) is 5.38 Å². The highest BCUT2D eigenvalue weighted by molar-refractivity contribution is 7.89. The number of anilines is 1. The molecule has 0 unspecified atom stereocenters. The summed E-state index contributed by atoms with van der Waals surface area (Å²) in [7, 11) is -3.54. The second-order valence-electron chi connectivity index (χ2n) is 6.96. The van der Waals surface area contributed by atoms with Crippen LogP contribution in [0.15, 0.2) is 39.3 Å². The van der Waals surface area contributed by atoms with E-state index in [0.29, 0.717) is 23.7 Å². The summed E-state index contributed by atoms with van der Waals surface area (Å²) in [5.41, 5.74) is 1.21. The Balaban J connectivity index is 1.60. The summed E-state index contributed by atoms with van der Waals surface area (Å²) in [4.78, 5) is 30.5. The van der Waals surface area contributed by atoms with Crippen LogP contribution in [0.25, 0.3) is 4.96 Å². The molecule has 0 bridgehead atoms. The van der Waals surface area contributed by atoms with Crippen LogP contribution in [0, 0.1) is 13.8 Å². The summed E-state index contributed by atoms with van der Waals surface area (Å²) in [6.45, 7) is 4.50. The molecule has 0 radical (unpaired) electrons. The summed E-state index contributed by atoms with van der Waals surface area (Å²) in [5.74, 6) is -0.495. The molecule has 4 rings (SSSR count). The van der Waals surface area contributed by atoms with Crippen LogP contribution < -0.4 is 10.9 Å². The Kier molecular flexibility index (Phi) is 5.01. The van der Waals surface area contributed by atoms with E-state index in [2.05, 4.69) is 10.3 Å². The highest BCUT2D eigenvalue weighted by Crippen LogP contribution is 2.22. The number of carbonyl (C=O) groups excluding carboxylic acids is 1. The van der Waals surface area contributed by atoms with Crippen molar-refractivity contribution >= 4 is 37.9 Å². The Morgan fingerprint density at radius 1 is 1.14 bits per heavy atom. The Bertz CT molecular complexity index is 1250. The van der Waals surface area contributed by atoms with E-state index in [-0.39, 0.29) is 21.7 Å². The number of aromatic nitrogens is 2. The van der Waals surface area contributed by atoms with E-state index in [0.717, 1.165) is 18.5 Å². The van der Waals surface area contributed by atoms with Gasteiger partial charge in [-0.3, -0.25) is 14.0 Å². The average molecular weight is 433 g/mol. The number of nitrogens with zero attached hydrogens (tertiary/aromatic N) is 3. The molecule has 2 aromatic heterocycles. The number of thiazole rings is 1. The van der Waals surface area contributed by atoms with Gasteiger partial charge >= 0.3 is 0 Å². The molecule has 3 heterocycles. The van der Waals surface area contributed by atoms with E-state index in [4.69, 9.17) is 0 Å². The molecule has 0 saturated carbocycles. The molecule has 29 heavy (non-hydrogen) atoms. The third-order valence-electron chi connectivity index (χ3n) is 4.98. The summed E-state index contributed by atoms with van der Waals surface area (Å²) >= 11 is 1.36. The predicted octanol–water partition coefficient (Wildman–Crippen LogP) is 2.41. The average Bonchev–Trinajstić information content (AvgIpc) is 3.36. The second-order valence-corrected chi connectivity index (χ2v) is 9.74. The predicted molar refractivity (Wildman–Crippen MR) is 111 cm³/mol. The van der Waals surface area contributed by atoms with E-state index in [1.54, 1.807) is 13.8 Å². The molecule has 0 aliphatic carbocycles. The molecule has 8 nitrogen and oxygen atoms in total. The SMILES string of the molecule is Cc1nc2scc(C)n2c(=O)c1NC(=O)c1ccc(S(=O)(=O)N2CCCC2)cc1. The molecule has 152 valence electrons. The minimum Gasteiger partial charge on any atom is -0.316 e. The van der Waals surface area contributed by atoms with Crippen LogP contribution in [0.4, 0.5) is 5.69 Å². The van der Waals surface area contributed by atoms with Crippen LogP contribution in [-0.2, 0) is 10.0 Å². The molecular weight excluding hydrogens is 412 g/mol. The highest BCUT2D eigenvalue weighted by atomic mass is 32.2. The lowest BCUT2D eigenvalue weighted by Crippen LogP contribution is -2.28. The maximum Gasteiger partial charge on any atom is 0.282 e. The van der Waals surface area contributed by atoms with Gasteiger partial charge in [-0.05, 0) is 51.0 Å². The zero-order valence-electron chi connectivity index (χ0n) is 16.0. The Labute approximate surface area is 171 Å². The van der Waals surface area contributed by atoms with Crippen LogP contribution in [-0.4, -0.2) is 41.1 Å². The third kappa shape index (κ3) is 3.47. The number of fused-ring (bicyclic) bond motifs is 1. The number of nitrogens with one attached hydrogen (secondary N) is 1. The monoisotopic (exact) mass is 432 g/mol. The largest absolute Gasteiger partial charge is 0.316 e. The van der Waals surface area contributed by atoms with E-state index >= 15 is 0 Å². The van der Waals surface area contributed by atoms with Crippen molar-refractivity contribution in [2.24, 2.45) is 0 Å². The standard InChI is InChI=1S/C19H20N4O4S2/c1-12-11-28-19-20-13(2)16(18(25)23(12)19)21-17(24)14-5-7-15(8-6-14)29(26,27)22-9-3-4-10-22/h5-8,11H,3-4,9-10H2,1-2H3,(H,21,24). The number of benzene rings is 1. The van der Waals surface area contributed by atoms with Gasteiger partial charge in [-0.25, -0.2) is 13.4 Å². The number of aryl methyl sites for hydroxylation is 2. The number of sulfonamides is 1. The third-order valence-corrected chi connectivity index (χ3v) is 7.84. The molecule has 0 spiro atoms. The van der Waals surface area contributed by atoms with Crippen LogP contribution in [0.3, 0.4) is 0 Å². The van der Waals surface area contributed by atoms with Crippen molar-refractivity contribution in [1.29, 1.82) is 0 Å². The second kappa shape index (κ2) is 7.36. The minimum absolute atomic E-state index is 0.114. The van der Waals surface area contributed by atoms with Crippen LogP contribution >= 0.6 is 11.3 Å². The normalized spacial score (nSPS) is 15.1. The number of rotatable bonds is 4. The van der Waals surface area contributed by atoms with Crippen LogP contribution in [0.2, 0.25) is 0 Å². The highest BCUT2D eigenvalue weighted by Gasteiger charge is 2.27. The van der Waals surface area contributed by atoms with Gasteiger partial charge < -0.3 is 5.32 Å². The Morgan fingerprint density at radius 3 is 2.45 bits per heavy atom.